The highest BCUT2D eigenvalue weighted by Gasteiger charge is 2.26. The lowest BCUT2D eigenvalue weighted by molar-refractivity contribution is 0.470. The van der Waals surface area contributed by atoms with Gasteiger partial charge in [0.2, 0.25) is 0 Å². The highest BCUT2D eigenvalue weighted by atomic mass is 79.9. The van der Waals surface area contributed by atoms with Crippen LogP contribution in [0.25, 0.3) is 0 Å². The number of sulfone groups is 1. The zero-order valence-corrected chi connectivity index (χ0v) is 11.9. The van der Waals surface area contributed by atoms with Crippen molar-refractivity contribution in [2.75, 3.05) is 16.8 Å². The molecule has 0 N–H and O–H groups in total. The summed E-state index contributed by atoms with van der Waals surface area (Å²) in [4.78, 5) is 0. The molecule has 0 radical (unpaired) electrons. The van der Waals surface area contributed by atoms with Gasteiger partial charge in [0.15, 0.2) is 9.84 Å². The fourth-order valence-electron chi connectivity index (χ4n) is 1.24. The molecular weight excluding hydrogens is 264 g/mol. The lowest BCUT2D eigenvalue weighted by Gasteiger charge is -2.22. The topological polar surface area (TPSA) is 34.1 Å². The van der Waals surface area contributed by atoms with E-state index in [1.54, 1.807) is 0 Å². The standard InChI is InChI=1S/C10H21BrO2S/c1-5-9(2)6-14(12,13)8-10(3,4)7-11/h9H,5-8H2,1-4H3. The molecule has 0 fully saturated rings. The van der Waals surface area contributed by atoms with Gasteiger partial charge in [-0.05, 0) is 11.3 Å². The molecule has 2 nitrogen and oxygen atoms in total. The van der Waals surface area contributed by atoms with Crippen LogP contribution in [0.1, 0.15) is 34.1 Å². The fourth-order valence-corrected chi connectivity index (χ4v) is 4.22. The average Bonchev–Trinajstić information content (AvgIpc) is 2.01. The monoisotopic (exact) mass is 284 g/mol. The molecule has 1 unspecified atom stereocenters. The highest BCUT2D eigenvalue weighted by molar-refractivity contribution is 9.09. The van der Waals surface area contributed by atoms with Gasteiger partial charge in [-0.2, -0.15) is 0 Å². The Morgan fingerprint density at radius 1 is 1.36 bits per heavy atom. The van der Waals surface area contributed by atoms with Crippen LogP contribution >= 0.6 is 15.9 Å². The summed E-state index contributed by atoms with van der Waals surface area (Å²) in [6, 6.07) is 0. The van der Waals surface area contributed by atoms with Crippen LogP contribution in [0, 0.1) is 11.3 Å². The van der Waals surface area contributed by atoms with Gasteiger partial charge in [0.1, 0.15) is 0 Å². The Labute approximate surface area is 96.5 Å². The molecule has 0 amide bonds. The summed E-state index contributed by atoms with van der Waals surface area (Å²) in [7, 11) is -2.89. The van der Waals surface area contributed by atoms with Crippen LogP contribution in [-0.4, -0.2) is 25.3 Å². The SMILES string of the molecule is CCC(C)CS(=O)(=O)CC(C)(C)CBr. The molecule has 0 aromatic heterocycles. The molecule has 0 spiro atoms. The van der Waals surface area contributed by atoms with Gasteiger partial charge in [-0.1, -0.05) is 50.0 Å². The average molecular weight is 285 g/mol. The Balaban J connectivity index is 4.36. The largest absolute Gasteiger partial charge is 0.229 e. The number of halogens is 1. The van der Waals surface area contributed by atoms with Crippen molar-refractivity contribution < 1.29 is 8.42 Å². The first kappa shape index (κ1) is 14.4. The van der Waals surface area contributed by atoms with E-state index in [4.69, 9.17) is 0 Å². The molecule has 0 aromatic carbocycles. The van der Waals surface area contributed by atoms with Crippen molar-refractivity contribution in [2.45, 2.75) is 34.1 Å². The first-order valence-corrected chi connectivity index (χ1v) is 7.93. The summed E-state index contributed by atoms with van der Waals surface area (Å²) in [5.74, 6) is 0.862. The van der Waals surface area contributed by atoms with E-state index in [0.29, 0.717) is 5.75 Å². The second-order valence-electron chi connectivity index (χ2n) is 4.87. The maximum Gasteiger partial charge on any atom is 0.151 e. The molecular formula is C10H21BrO2S. The van der Waals surface area contributed by atoms with Crippen molar-refractivity contribution in [3.05, 3.63) is 0 Å². The summed E-state index contributed by atoms with van der Waals surface area (Å²) < 4.78 is 23.5. The molecule has 0 heterocycles. The molecule has 0 saturated carbocycles. The normalized spacial score (nSPS) is 15.5. The van der Waals surface area contributed by atoms with Crippen LogP contribution in [-0.2, 0) is 9.84 Å². The van der Waals surface area contributed by atoms with Crippen LogP contribution in [0.3, 0.4) is 0 Å². The second kappa shape index (κ2) is 5.50. The smallest absolute Gasteiger partial charge is 0.151 e. The summed E-state index contributed by atoms with van der Waals surface area (Å²) >= 11 is 3.34. The lowest BCUT2D eigenvalue weighted by Crippen LogP contribution is -2.28. The second-order valence-corrected chi connectivity index (χ2v) is 7.54. The predicted octanol–water partition coefficient (Wildman–Crippen LogP) is 2.87. The first-order chi connectivity index (χ1) is 6.22. The van der Waals surface area contributed by atoms with Crippen molar-refractivity contribution in [1.82, 2.24) is 0 Å². The van der Waals surface area contributed by atoms with Crippen LogP contribution in [0.5, 0.6) is 0 Å². The van der Waals surface area contributed by atoms with E-state index in [2.05, 4.69) is 15.9 Å². The zero-order valence-electron chi connectivity index (χ0n) is 9.51. The summed E-state index contributed by atoms with van der Waals surface area (Å²) in [6.07, 6.45) is 0.925. The van der Waals surface area contributed by atoms with E-state index >= 15 is 0 Å². The Morgan fingerprint density at radius 2 is 1.86 bits per heavy atom. The Bertz CT molecular complexity index is 257. The number of rotatable bonds is 6. The van der Waals surface area contributed by atoms with Crippen molar-refractivity contribution >= 4 is 25.8 Å². The van der Waals surface area contributed by atoms with Crippen LogP contribution in [0.4, 0.5) is 0 Å². The lowest BCUT2D eigenvalue weighted by atomic mass is 10.0. The van der Waals surface area contributed by atoms with E-state index in [0.717, 1.165) is 11.8 Å². The van der Waals surface area contributed by atoms with Gasteiger partial charge in [-0.15, -0.1) is 0 Å². The number of hydrogen-bond acceptors (Lipinski definition) is 2. The third kappa shape index (κ3) is 6.02. The van der Waals surface area contributed by atoms with Crippen molar-refractivity contribution in [1.29, 1.82) is 0 Å². The van der Waals surface area contributed by atoms with E-state index in [-0.39, 0.29) is 17.1 Å². The first-order valence-electron chi connectivity index (χ1n) is 4.99. The zero-order chi connectivity index (χ0) is 11.4. The molecule has 0 aliphatic carbocycles. The van der Waals surface area contributed by atoms with Crippen LogP contribution in [0.2, 0.25) is 0 Å². The van der Waals surface area contributed by atoms with Crippen molar-refractivity contribution in [2.24, 2.45) is 11.3 Å². The summed E-state index contributed by atoms with van der Waals surface area (Å²) in [6.45, 7) is 7.94. The van der Waals surface area contributed by atoms with Gasteiger partial charge >= 0.3 is 0 Å². The van der Waals surface area contributed by atoms with E-state index < -0.39 is 9.84 Å². The fraction of sp³-hybridized carbons (Fsp3) is 1.00. The molecule has 1 atom stereocenters. The predicted molar refractivity (Wildman–Crippen MR) is 65.7 cm³/mol. The molecule has 14 heavy (non-hydrogen) atoms. The van der Waals surface area contributed by atoms with Gasteiger partial charge in [-0.3, -0.25) is 0 Å². The number of hydrogen-bond donors (Lipinski definition) is 0. The molecule has 0 aromatic rings. The van der Waals surface area contributed by atoms with Crippen LogP contribution < -0.4 is 0 Å². The van der Waals surface area contributed by atoms with E-state index in [1.807, 2.05) is 27.7 Å². The minimum Gasteiger partial charge on any atom is -0.229 e. The maximum absolute atomic E-state index is 11.8. The summed E-state index contributed by atoms with van der Waals surface area (Å²) in [5, 5.41) is 0.722. The van der Waals surface area contributed by atoms with E-state index in [9.17, 15) is 8.42 Å². The van der Waals surface area contributed by atoms with Crippen molar-refractivity contribution in [3.8, 4) is 0 Å². The Kier molecular flexibility index (Phi) is 5.67. The van der Waals surface area contributed by atoms with Gasteiger partial charge in [0, 0.05) is 5.33 Å². The third-order valence-corrected chi connectivity index (χ3v) is 6.02. The quantitative estimate of drug-likeness (QED) is 0.703. The molecule has 0 rings (SSSR count). The molecule has 0 aliphatic heterocycles. The van der Waals surface area contributed by atoms with Gasteiger partial charge in [0.25, 0.3) is 0 Å². The van der Waals surface area contributed by atoms with E-state index in [1.165, 1.54) is 0 Å². The molecule has 0 aliphatic rings. The van der Waals surface area contributed by atoms with Gasteiger partial charge in [-0.25, -0.2) is 8.42 Å². The molecule has 0 bridgehead atoms. The third-order valence-electron chi connectivity index (χ3n) is 2.21. The molecule has 0 saturated heterocycles. The highest BCUT2D eigenvalue weighted by Crippen LogP contribution is 2.22. The molecule has 4 heteroatoms. The Hall–Kier alpha value is 0.430. The van der Waals surface area contributed by atoms with Gasteiger partial charge in [0.05, 0.1) is 11.5 Å². The minimum atomic E-state index is -2.89. The summed E-state index contributed by atoms with van der Waals surface area (Å²) in [5.41, 5.74) is -0.160. The van der Waals surface area contributed by atoms with Crippen molar-refractivity contribution in [3.63, 3.8) is 0 Å². The minimum absolute atomic E-state index is 0.160. The maximum atomic E-state index is 11.8. The van der Waals surface area contributed by atoms with Crippen LogP contribution in [0.15, 0.2) is 0 Å². The van der Waals surface area contributed by atoms with Gasteiger partial charge < -0.3 is 0 Å². The number of alkyl halides is 1. The molecule has 86 valence electrons. The Morgan fingerprint density at radius 3 is 2.21 bits per heavy atom.